The minimum atomic E-state index is -0.541. The summed E-state index contributed by atoms with van der Waals surface area (Å²) in [5.41, 5.74) is 5.99. The lowest BCUT2D eigenvalue weighted by Gasteiger charge is -2.41. The van der Waals surface area contributed by atoms with Crippen molar-refractivity contribution in [3.8, 4) is 11.1 Å². The van der Waals surface area contributed by atoms with Gasteiger partial charge in [-0.3, -0.25) is 4.79 Å². The van der Waals surface area contributed by atoms with Gasteiger partial charge in [0.25, 0.3) is 0 Å². The van der Waals surface area contributed by atoms with E-state index >= 15 is 0 Å². The largest absolute Gasteiger partial charge is 0.396 e. The normalized spacial score (nSPS) is 21.5. The lowest BCUT2D eigenvalue weighted by atomic mass is 9.91. The van der Waals surface area contributed by atoms with Crippen molar-refractivity contribution in [2.75, 3.05) is 18.1 Å². The summed E-state index contributed by atoms with van der Waals surface area (Å²) in [6.45, 7) is 4.29. The molecule has 1 aliphatic rings. The number of aliphatic hydroxyl groups is 2. The maximum atomic E-state index is 11.3. The Labute approximate surface area is 223 Å². The van der Waals surface area contributed by atoms with Crippen LogP contribution in [0.15, 0.2) is 72.8 Å². The van der Waals surface area contributed by atoms with Gasteiger partial charge in [-0.1, -0.05) is 67.6 Å². The van der Waals surface area contributed by atoms with Crippen LogP contribution in [0.3, 0.4) is 0 Å². The van der Waals surface area contributed by atoms with Gasteiger partial charge in [0.15, 0.2) is 6.29 Å². The molecule has 3 N–H and O–H groups in total. The highest BCUT2D eigenvalue weighted by Gasteiger charge is 2.38. The minimum Gasteiger partial charge on any atom is -0.396 e. The fourth-order valence-corrected chi connectivity index (χ4v) is 5.44. The summed E-state index contributed by atoms with van der Waals surface area (Å²) in [6, 6.07) is 24.2. The van der Waals surface area contributed by atoms with Crippen molar-refractivity contribution < 1.29 is 24.5 Å². The van der Waals surface area contributed by atoms with Crippen molar-refractivity contribution in [3.63, 3.8) is 0 Å². The first-order chi connectivity index (χ1) is 18.0. The van der Waals surface area contributed by atoms with Gasteiger partial charge in [0, 0.05) is 36.5 Å². The van der Waals surface area contributed by atoms with E-state index in [4.69, 9.17) is 9.47 Å². The van der Waals surface area contributed by atoms with Crippen LogP contribution in [-0.2, 0) is 27.4 Å². The highest BCUT2D eigenvalue weighted by molar-refractivity contribution is 7.99. The van der Waals surface area contributed by atoms with Gasteiger partial charge in [-0.15, -0.1) is 0 Å². The van der Waals surface area contributed by atoms with Gasteiger partial charge in [-0.25, -0.2) is 0 Å². The lowest BCUT2D eigenvalue weighted by Crippen LogP contribution is -2.38. The summed E-state index contributed by atoms with van der Waals surface area (Å²) >= 11 is 1.68. The quantitative estimate of drug-likeness (QED) is 0.326. The van der Waals surface area contributed by atoms with Crippen LogP contribution in [0.5, 0.6) is 0 Å². The Bertz CT molecular complexity index is 1170. The topological polar surface area (TPSA) is 88.0 Å². The first-order valence-electron chi connectivity index (χ1n) is 12.6. The second kappa shape index (κ2) is 13.2. The number of hydrogen-bond donors (Lipinski definition) is 3. The van der Waals surface area contributed by atoms with Crippen LogP contribution in [-0.4, -0.2) is 40.3 Å². The predicted octanol–water partition coefficient (Wildman–Crippen LogP) is 5.00. The Morgan fingerprint density at radius 3 is 2.35 bits per heavy atom. The molecule has 6 nitrogen and oxygen atoms in total. The first-order valence-corrected chi connectivity index (χ1v) is 13.8. The Morgan fingerprint density at radius 2 is 1.65 bits per heavy atom. The number of carbonyl (C=O) groups is 1. The molecule has 0 aliphatic carbocycles. The van der Waals surface area contributed by atoms with Crippen molar-refractivity contribution in [1.82, 2.24) is 5.32 Å². The number of hydrogen-bond acceptors (Lipinski definition) is 6. The minimum absolute atomic E-state index is 0.00628. The van der Waals surface area contributed by atoms with E-state index in [0.717, 1.165) is 39.1 Å². The first kappa shape index (κ1) is 27.4. The van der Waals surface area contributed by atoms with E-state index in [1.54, 1.807) is 11.8 Å². The monoisotopic (exact) mass is 521 g/mol. The Balaban J connectivity index is 1.60. The van der Waals surface area contributed by atoms with E-state index in [-0.39, 0.29) is 37.2 Å². The molecule has 7 heteroatoms. The highest BCUT2D eigenvalue weighted by Crippen LogP contribution is 2.43. The number of nitrogens with one attached hydrogen (secondary N) is 1. The SMILES string of the molecule is CC(=O)NCc1cccc(-c2cccc([C@@H]3O[C@H](CSCCO)[C@H](C)[C@H](c4ccc(CO)cc4)O3)c2)c1. The van der Waals surface area contributed by atoms with Crippen LogP contribution >= 0.6 is 11.8 Å². The molecule has 4 rings (SSSR count). The molecule has 0 aromatic heterocycles. The van der Waals surface area contributed by atoms with Crippen LogP contribution in [0.25, 0.3) is 11.1 Å². The molecule has 0 spiro atoms. The zero-order valence-corrected chi connectivity index (χ0v) is 22.1. The summed E-state index contributed by atoms with van der Waals surface area (Å²) in [5, 5.41) is 21.6. The predicted molar refractivity (Wildman–Crippen MR) is 147 cm³/mol. The Hall–Kier alpha value is -2.68. The van der Waals surface area contributed by atoms with Crippen molar-refractivity contribution in [3.05, 3.63) is 95.1 Å². The number of benzene rings is 3. The Morgan fingerprint density at radius 1 is 0.919 bits per heavy atom. The summed E-state index contributed by atoms with van der Waals surface area (Å²) < 4.78 is 13.1. The second-order valence-corrected chi connectivity index (χ2v) is 10.5. The van der Waals surface area contributed by atoms with Crippen molar-refractivity contribution in [2.45, 2.75) is 45.5 Å². The molecular formula is C30H35NO5S. The highest BCUT2D eigenvalue weighted by atomic mass is 32.2. The third-order valence-electron chi connectivity index (χ3n) is 6.60. The molecule has 1 saturated heterocycles. The van der Waals surface area contributed by atoms with Gasteiger partial charge in [-0.2, -0.15) is 11.8 Å². The van der Waals surface area contributed by atoms with Crippen molar-refractivity contribution in [2.24, 2.45) is 5.92 Å². The average Bonchev–Trinajstić information content (AvgIpc) is 2.93. The fourth-order valence-electron chi connectivity index (χ4n) is 4.53. The summed E-state index contributed by atoms with van der Waals surface area (Å²) in [5.74, 6) is 1.48. The van der Waals surface area contributed by atoms with Crippen LogP contribution < -0.4 is 5.32 Å². The molecule has 0 saturated carbocycles. The Kier molecular flexibility index (Phi) is 9.77. The second-order valence-electron chi connectivity index (χ2n) is 9.36. The molecule has 0 radical (unpaired) electrons. The zero-order chi connectivity index (χ0) is 26.2. The molecule has 196 valence electrons. The van der Waals surface area contributed by atoms with Crippen LogP contribution in [0, 0.1) is 5.92 Å². The van der Waals surface area contributed by atoms with E-state index in [1.165, 1.54) is 6.92 Å². The average molecular weight is 522 g/mol. The summed E-state index contributed by atoms with van der Waals surface area (Å²) in [6.07, 6.45) is -0.765. The smallest absolute Gasteiger partial charge is 0.217 e. The third kappa shape index (κ3) is 7.21. The van der Waals surface area contributed by atoms with Crippen LogP contribution in [0.2, 0.25) is 0 Å². The van der Waals surface area contributed by atoms with Crippen molar-refractivity contribution in [1.29, 1.82) is 0 Å². The van der Waals surface area contributed by atoms with E-state index in [2.05, 4.69) is 36.5 Å². The van der Waals surface area contributed by atoms with Crippen molar-refractivity contribution >= 4 is 17.7 Å². The lowest BCUT2D eigenvalue weighted by molar-refractivity contribution is -0.268. The molecular weight excluding hydrogens is 486 g/mol. The van der Waals surface area contributed by atoms with Crippen LogP contribution in [0.4, 0.5) is 0 Å². The molecule has 1 heterocycles. The standard InChI is InChI=1S/C30H35NO5S/c1-20-28(19-37-14-13-32)35-30(36-29(20)24-11-9-22(18-33)10-12-24)27-8-4-7-26(16-27)25-6-3-5-23(15-25)17-31-21(2)34/h3-12,15-16,20,28-30,32-33H,13-14,17-19H2,1-2H3,(H,31,34)/t20-,28+,29+,30+/m0/s1. The molecule has 3 aromatic rings. The van der Waals surface area contributed by atoms with Gasteiger partial charge in [-0.05, 0) is 39.9 Å². The zero-order valence-electron chi connectivity index (χ0n) is 21.3. The summed E-state index contributed by atoms with van der Waals surface area (Å²) in [4.78, 5) is 11.3. The number of thioether (sulfide) groups is 1. The van der Waals surface area contributed by atoms with E-state index in [1.807, 2.05) is 48.5 Å². The van der Waals surface area contributed by atoms with Gasteiger partial charge in [0.05, 0.1) is 25.4 Å². The van der Waals surface area contributed by atoms with E-state index in [9.17, 15) is 15.0 Å². The molecule has 3 aromatic carbocycles. The number of aliphatic hydroxyl groups excluding tert-OH is 2. The van der Waals surface area contributed by atoms with Crippen LogP contribution in [0.1, 0.15) is 48.5 Å². The van der Waals surface area contributed by atoms with Gasteiger partial charge < -0.3 is 25.0 Å². The molecule has 0 unspecified atom stereocenters. The molecule has 1 aliphatic heterocycles. The van der Waals surface area contributed by atoms with E-state index in [0.29, 0.717) is 12.3 Å². The van der Waals surface area contributed by atoms with E-state index < -0.39 is 6.29 Å². The third-order valence-corrected chi connectivity index (χ3v) is 7.64. The number of ether oxygens (including phenoxy) is 2. The molecule has 1 fully saturated rings. The maximum Gasteiger partial charge on any atom is 0.217 e. The molecule has 1 amide bonds. The molecule has 4 atom stereocenters. The molecule has 37 heavy (non-hydrogen) atoms. The van der Waals surface area contributed by atoms with Gasteiger partial charge in [0.1, 0.15) is 0 Å². The van der Waals surface area contributed by atoms with Gasteiger partial charge in [0.2, 0.25) is 5.91 Å². The number of amides is 1. The number of rotatable bonds is 10. The maximum absolute atomic E-state index is 11.3. The molecule has 0 bridgehead atoms. The van der Waals surface area contributed by atoms with Gasteiger partial charge >= 0.3 is 0 Å². The number of carbonyl (C=O) groups excluding carboxylic acids is 1. The fraction of sp³-hybridized carbons (Fsp3) is 0.367. The summed E-state index contributed by atoms with van der Waals surface area (Å²) in [7, 11) is 0.